The predicted octanol–water partition coefficient (Wildman–Crippen LogP) is 2.12. The van der Waals surface area contributed by atoms with Crippen LogP contribution in [0.3, 0.4) is 0 Å². The minimum Gasteiger partial charge on any atom is -0.389 e. The standard InChI is InChI=1S/C13H20BrN3O2/c1-5-15-11-10(6-9(14)7-16-11)12(18)17(4)8-13(2,3)19/h6-7,19H,5,8H2,1-4H3,(H,15,16). The van der Waals surface area contributed by atoms with Crippen LogP contribution in [0.25, 0.3) is 0 Å². The Hall–Kier alpha value is -1.14. The van der Waals surface area contributed by atoms with E-state index in [1.165, 1.54) is 4.90 Å². The highest BCUT2D eigenvalue weighted by atomic mass is 79.9. The molecule has 0 saturated heterocycles. The summed E-state index contributed by atoms with van der Waals surface area (Å²) in [5.74, 6) is 0.380. The Labute approximate surface area is 122 Å². The van der Waals surface area contributed by atoms with Crippen molar-refractivity contribution in [3.05, 3.63) is 22.3 Å². The van der Waals surface area contributed by atoms with Crippen LogP contribution in [0.5, 0.6) is 0 Å². The zero-order valence-corrected chi connectivity index (χ0v) is 13.3. The summed E-state index contributed by atoms with van der Waals surface area (Å²) in [5, 5.41) is 12.8. The van der Waals surface area contributed by atoms with Crippen molar-refractivity contribution in [3.63, 3.8) is 0 Å². The molecule has 0 aliphatic rings. The van der Waals surface area contributed by atoms with Gasteiger partial charge in [0.15, 0.2) is 0 Å². The topological polar surface area (TPSA) is 65.5 Å². The van der Waals surface area contributed by atoms with Gasteiger partial charge in [0, 0.05) is 30.8 Å². The number of likely N-dealkylation sites (N-methyl/N-ethyl adjacent to an activating group) is 1. The minimum atomic E-state index is -0.928. The fourth-order valence-corrected chi connectivity index (χ4v) is 2.10. The average molecular weight is 330 g/mol. The first-order valence-electron chi connectivity index (χ1n) is 6.12. The molecule has 0 spiro atoms. The summed E-state index contributed by atoms with van der Waals surface area (Å²) in [6, 6.07) is 1.73. The largest absolute Gasteiger partial charge is 0.389 e. The first-order valence-corrected chi connectivity index (χ1v) is 6.91. The predicted molar refractivity (Wildman–Crippen MR) is 79.4 cm³/mol. The van der Waals surface area contributed by atoms with Gasteiger partial charge in [-0.05, 0) is 42.8 Å². The molecular formula is C13H20BrN3O2. The normalized spacial score (nSPS) is 11.3. The van der Waals surface area contributed by atoms with E-state index in [2.05, 4.69) is 26.2 Å². The lowest BCUT2D eigenvalue weighted by Crippen LogP contribution is -2.40. The van der Waals surface area contributed by atoms with E-state index in [1.54, 1.807) is 33.2 Å². The first kappa shape index (κ1) is 15.9. The van der Waals surface area contributed by atoms with Crippen molar-refractivity contribution in [1.29, 1.82) is 0 Å². The Balaban J connectivity index is 3.00. The summed E-state index contributed by atoms with van der Waals surface area (Å²) >= 11 is 3.32. The van der Waals surface area contributed by atoms with Gasteiger partial charge in [-0.15, -0.1) is 0 Å². The van der Waals surface area contributed by atoms with Crippen LogP contribution in [0.15, 0.2) is 16.7 Å². The van der Waals surface area contributed by atoms with E-state index in [4.69, 9.17) is 0 Å². The third-order valence-electron chi connectivity index (χ3n) is 2.40. The number of hydrogen-bond acceptors (Lipinski definition) is 4. The molecule has 19 heavy (non-hydrogen) atoms. The molecule has 1 heterocycles. The Bertz CT molecular complexity index is 458. The van der Waals surface area contributed by atoms with Crippen LogP contribution >= 0.6 is 15.9 Å². The Morgan fingerprint density at radius 3 is 2.74 bits per heavy atom. The molecule has 1 aromatic heterocycles. The molecular weight excluding hydrogens is 310 g/mol. The number of halogens is 1. The summed E-state index contributed by atoms with van der Waals surface area (Å²) in [7, 11) is 1.66. The summed E-state index contributed by atoms with van der Waals surface area (Å²) in [6.07, 6.45) is 1.64. The molecule has 0 unspecified atom stereocenters. The lowest BCUT2D eigenvalue weighted by molar-refractivity contribution is 0.0368. The molecule has 5 nitrogen and oxygen atoms in total. The summed E-state index contributed by atoms with van der Waals surface area (Å²) in [4.78, 5) is 18.1. The molecule has 0 saturated carbocycles. The third-order valence-corrected chi connectivity index (χ3v) is 2.83. The second kappa shape index (κ2) is 6.34. The monoisotopic (exact) mass is 329 g/mol. The van der Waals surface area contributed by atoms with E-state index in [0.29, 0.717) is 17.9 Å². The van der Waals surface area contributed by atoms with Crippen molar-refractivity contribution in [2.45, 2.75) is 26.4 Å². The van der Waals surface area contributed by atoms with Gasteiger partial charge in [-0.2, -0.15) is 0 Å². The van der Waals surface area contributed by atoms with Crippen LogP contribution in [-0.2, 0) is 0 Å². The van der Waals surface area contributed by atoms with Crippen LogP contribution in [0, 0.1) is 0 Å². The molecule has 0 bridgehead atoms. The summed E-state index contributed by atoms with van der Waals surface area (Å²) in [6.45, 7) is 6.22. The van der Waals surface area contributed by atoms with Gasteiger partial charge in [-0.1, -0.05) is 0 Å². The van der Waals surface area contributed by atoms with Crippen LogP contribution in [-0.4, -0.2) is 46.6 Å². The molecule has 0 atom stereocenters. The van der Waals surface area contributed by atoms with Crippen molar-refractivity contribution in [3.8, 4) is 0 Å². The molecule has 0 aliphatic heterocycles. The molecule has 1 rings (SSSR count). The minimum absolute atomic E-state index is 0.174. The van der Waals surface area contributed by atoms with Crippen molar-refractivity contribution >= 4 is 27.7 Å². The molecule has 1 amide bonds. The van der Waals surface area contributed by atoms with Gasteiger partial charge in [0.1, 0.15) is 5.82 Å². The maximum absolute atomic E-state index is 12.4. The Kier molecular flexibility index (Phi) is 5.31. The molecule has 2 N–H and O–H groups in total. The number of pyridine rings is 1. The van der Waals surface area contributed by atoms with Crippen LogP contribution in [0.2, 0.25) is 0 Å². The highest BCUT2D eigenvalue weighted by Crippen LogP contribution is 2.20. The van der Waals surface area contributed by atoms with Crippen molar-refractivity contribution in [2.75, 3.05) is 25.5 Å². The number of anilines is 1. The lowest BCUT2D eigenvalue weighted by atomic mass is 10.1. The number of aliphatic hydroxyl groups is 1. The summed E-state index contributed by atoms with van der Waals surface area (Å²) < 4.78 is 0.745. The fraction of sp³-hybridized carbons (Fsp3) is 0.538. The number of nitrogens with zero attached hydrogens (tertiary/aromatic N) is 2. The van der Waals surface area contributed by atoms with E-state index < -0.39 is 5.60 Å². The van der Waals surface area contributed by atoms with Gasteiger partial charge in [-0.3, -0.25) is 4.79 Å². The lowest BCUT2D eigenvalue weighted by Gasteiger charge is -2.26. The second-order valence-corrected chi connectivity index (χ2v) is 5.97. The zero-order valence-electron chi connectivity index (χ0n) is 11.7. The van der Waals surface area contributed by atoms with Crippen LogP contribution < -0.4 is 5.32 Å². The third kappa shape index (κ3) is 4.80. The van der Waals surface area contributed by atoms with Crippen molar-refractivity contribution in [1.82, 2.24) is 9.88 Å². The molecule has 0 aliphatic carbocycles. The molecule has 1 aromatic rings. The van der Waals surface area contributed by atoms with E-state index in [-0.39, 0.29) is 12.5 Å². The molecule has 0 radical (unpaired) electrons. The quantitative estimate of drug-likeness (QED) is 0.868. The summed E-state index contributed by atoms with van der Waals surface area (Å²) in [5.41, 5.74) is -0.440. The fourth-order valence-electron chi connectivity index (χ4n) is 1.77. The van der Waals surface area contributed by atoms with Gasteiger partial charge in [0.2, 0.25) is 0 Å². The van der Waals surface area contributed by atoms with E-state index in [9.17, 15) is 9.90 Å². The number of carbonyl (C=O) groups is 1. The Morgan fingerprint density at radius 2 is 2.21 bits per heavy atom. The number of rotatable bonds is 5. The first-order chi connectivity index (χ1) is 8.74. The van der Waals surface area contributed by atoms with Crippen LogP contribution in [0.1, 0.15) is 31.1 Å². The van der Waals surface area contributed by atoms with Crippen LogP contribution in [0.4, 0.5) is 5.82 Å². The van der Waals surface area contributed by atoms with Gasteiger partial charge in [0.05, 0.1) is 11.2 Å². The molecule has 106 valence electrons. The maximum Gasteiger partial charge on any atom is 0.257 e. The molecule has 0 fully saturated rings. The molecule has 0 aromatic carbocycles. The zero-order chi connectivity index (χ0) is 14.6. The number of nitrogens with one attached hydrogen (secondary N) is 1. The van der Waals surface area contributed by atoms with Gasteiger partial charge >= 0.3 is 0 Å². The smallest absolute Gasteiger partial charge is 0.257 e. The van der Waals surface area contributed by atoms with Gasteiger partial charge < -0.3 is 15.3 Å². The average Bonchev–Trinajstić information content (AvgIpc) is 2.28. The van der Waals surface area contributed by atoms with Crippen molar-refractivity contribution < 1.29 is 9.90 Å². The van der Waals surface area contributed by atoms with E-state index >= 15 is 0 Å². The highest BCUT2D eigenvalue weighted by molar-refractivity contribution is 9.10. The van der Waals surface area contributed by atoms with Crippen molar-refractivity contribution in [2.24, 2.45) is 0 Å². The highest BCUT2D eigenvalue weighted by Gasteiger charge is 2.22. The second-order valence-electron chi connectivity index (χ2n) is 5.05. The number of aromatic nitrogens is 1. The van der Waals surface area contributed by atoms with Gasteiger partial charge in [0.25, 0.3) is 5.91 Å². The SMILES string of the molecule is CCNc1ncc(Br)cc1C(=O)N(C)CC(C)(C)O. The Morgan fingerprint density at radius 1 is 1.58 bits per heavy atom. The number of carbonyl (C=O) groups excluding carboxylic acids is 1. The van der Waals surface area contributed by atoms with E-state index in [0.717, 1.165) is 4.47 Å². The van der Waals surface area contributed by atoms with E-state index in [1.807, 2.05) is 6.92 Å². The molecule has 6 heteroatoms. The number of hydrogen-bond donors (Lipinski definition) is 2. The maximum atomic E-state index is 12.4. The van der Waals surface area contributed by atoms with Gasteiger partial charge in [-0.25, -0.2) is 4.98 Å². The number of amides is 1.